The summed E-state index contributed by atoms with van der Waals surface area (Å²) in [7, 11) is 0. The van der Waals surface area contributed by atoms with Gasteiger partial charge in [0.2, 0.25) is 0 Å². The minimum atomic E-state index is -0.419. The summed E-state index contributed by atoms with van der Waals surface area (Å²) < 4.78 is 4.88. The molecule has 0 saturated carbocycles. The average Bonchev–Trinajstić information content (AvgIpc) is 2.34. The van der Waals surface area contributed by atoms with Gasteiger partial charge in [-0.2, -0.15) is 0 Å². The molecule has 1 aromatic rings. The van der Waals surface area contributed by atoms with E-state index in [1.807, 2.05) is 0 Å². The molecule has 1 radical (unpaired) electrons. The molecule has 1 heterocycles. The maximum absolute atomic E-state index is 11.1. The van der Waals surface area contributed by atoms with Crippen LogP contribution in [0.2, 0.25) is 0 Å². The van der Waals surface area contributed by atoms with Gasteiger partial charge in [-0.25, -0.2) is 4.79 Å². The highest BCUT2D eigenvalue weighted by molar-refractivity contribution is 7.12. The van der Waals surface area contributed by atoms with E-state index in [9.17, 15) is 9.90 Å². The van der Waals surface area contributed by atoms with E-state index in [-0.39, 0.29) is 11.9 Å². The fourth-order valence-corrected chi connectivity index (χ4v) is 1.34. The Morgan fingerprint density at radius 3 is 2.67 bits per heavy atom. The second-order valence-corrected chi connectivity index (χ2v) is 3.51. The Balaban J connectivity index is 2.65. The molecule has 0 atom stereocenters. The minimum Gasteiger partial charge on any atom is -0.459 e. The van der Waals surface area contributed by atoms with Crippen LogP contribution in [0.15, 0.2) is 11.4 Å². The highest BCUT2D eigenvalue weighted by atomic mass is 32.1. The third kappa shape index (κ3) is 2.23. The predicted molar refractivity (Wildman–Crippen MR) is 45.0 cm³/mol. The Kier molecular flexibility index (Phi) is 2.70. The SMILES string of the molecule is CC(C)OC(=O)c1cc([O])cs1. The van der Waals surface area contributed by atoms with Crippen molar-refractivity contribution in [3.8, 4) is 5.75 Å². The smallest absolute Gasteiger partial charge is 0.348 e. The lowest BCUT2D eigenvalue weighted by molar-refractivity contribution is 0.0383. The van der Waals surface area contributed by atoms with E-state index in [0.29, 0.717) is 4.88 Å². The molecule has 0 saturated heterocycles. The van der Waals surface area contributed by atoms with E-state index in [1.165, 1.54) is 11.4 Å². The van der Waals surface area contributed by atoms with Gasteiger partial charge in [-0.3, -0.25) is 5.11 Å². The molecule has 0 amide bonds. The van der Waals surface area contributed by atoms with Crippen LogP contribution in [-0.4, -0.2) is 12.1 Å². The third-order valence-corrected chi connectivity index (χ3v) is 2.01. The van der Waals surface area contributed by atoms with Gasteiger partial charge in [0.25, 0.3) is 0 Å². The molecule has 65 valence electrons. The van der Waals surface area contributed by atoms with Crippen LogP contribution >= 0.6 is 11.3 Å². The summed E-state index contributed by atoms with van der Waals surface area (Å²) in [6, 6.07) is 1.29. The lowest BCUT2D eigenvalue weighted by Gasteiger charge is -2.04. The van der Waals surface area contributed by atoms with Crippen molar-refractivity contribution in [2.75, 3.05) is 0 Å². The molecule has 4 heteroatoms. The summed E-state index contributed by atoms with van der Waals surface area (Å²) in [6.07, 6.45) is -0.144. The third-order valence-electron chi connectivity index (χ3n) is 1.12. The van der Waals surface area contributed by atoms with Crippen molar-refractivity contribution in [3.05, 3.63) is 16.3 Å². The van der Waals surface area contributed by atoms with E-state index in [0.717, 1.165) is 11.3 Å². The van der Waals surface area contributed by atoms with Crippen molar-refractivity contribution in [1.82, 2.24) is 0 Å². The number of esters is 1. The maximum atomic E-state index is 11.1. The van der Waals surface area contributed by atoms with Crippen LogP contribution in [0, 0.1) is 0 Å². The zero-order chi connectivity index (χ0) is 9.14. The molecule has 3 nitrogen and oxygen atoms in total. The molecule has 0 aliphatic carbocycles. The van der Waals surface area contributed by atoms with E-state index in [4.69, 9.17) is 4.74 Å². The summed E-state index contributed by atoms with van der Waals surface area (Å²) in [6.45, 7) is 3.53. The fourth-order valence-electron chi connectivity index (χ4n) is 0.698. The van der Waals surface area contributed by atoms with Crippen molar-refractivity contribution in [1.29, 1.82) is 0 Å². The average molecular weight is 185 g/mol. The predicted octanol–water partition coefficient (Wildman–Crippen LogP) is 2.46. The number of thiophene rings is 1. The first kappa shape index (κ1) is 9.06. The molecule has 0 N–H and O–H groups in total. The van der Waals surface area contributed by atoms with E-state index < -0.39 is 5.97 Å². The molecule has 0 aromatic carbocycles. The van der Waals surface area contributed by atoms with Gasteiger partial charge in [-0.1, -0.05) is 0 Å². The first-order chi connectivity index (χ1) is 5.59. The van der Waals surface area contributed by atoms with Crippen LogP contribution in [0.3, 0.4) is 0 Å². The van der Waals surface area contributed by atoms with E-state index in [2.05, 4.69) is 0 Å². The summed E-state index contributed by atoms with van der Waals surface area (Å²) in [5.74, 6) is -0.562. The summed E-state index contributed by atoms with van der Waals surface area (Å²) in [5.41, 5.74) is 0. The van der Waals surface area contributed by atoms with Gasteiger partial charge >= 0.3 is 5.97 Å². The molecule has 0 fully saturated rings. The fraction of sp³-hybridized carbons (Fsp3) is 0.375. The zero-order valence-electron chi connectivity index (χ0n) is 6.87. The van der Waals surface area contributed by atoms with Gasteiger partial charge in [-0.15, -0.1) is 11.3 Å². The standard InChI is InChI=1S/C8H9O3S/c1-5(2)11-8(10)7-3-6(9)4-12-7/h3-5H,1-2H3. The van der Waals surface area contributed by atoms with Gasteiger partial charge in [-0.05, 0) is 13.8 Å². The Bertz CT molecular complexity index is 278. The largest absolute Gasteiger partial charge is 0.459 e. The van der Waals surface area contributed by atoms with Crippen LogP contribution in [0.1, 0.15) is 23.5 Å². The highest BCUT2D eigenvalue weighted by Gasteiger charge is 2.11. The minimum absolute atomic E-state index is 0.143. The lowest BCUT2D eigenvalue weighted by atomic mass is 10.4. The number of hydrogen-bond donors (Lipinski definition) is 0. The van der Waals surface area contributed by atoms with Crippen molar-refractivity contribution in [2.45, 2.75) is 20.0 Å². The molecule has 1 rings (SSSR count). The molecule has 0 spiro atoms. The second kappa shape index (κ2) is 3.58. The Hall–Kier alpha value is -1.03. The number of carbonyl (C=O) groups excluding carboxylic acids is 1. The zero-order valence-corrected chi connectivity index (χ0v) is 7.68. The molecule has 0 unspecified atom stereocenters. The van der Waals surface area contributed by atoms with Gasteiger partial charge < -0.3 is 4.74 Å². The Morgan fingerprint density at radius 1 is 1.58 bits per heavy atom. The van der Waals surface area contributed by atoms with Crippen LogP contribution in [0.5, 0.6) is 5.75 Å². The van der Waals surface area contributed by atoms with Crippen molar-refractivity contribution in [3.63, 3.8) is 0 Å². The molecular weight excluding hydrogens is 176 g/mol. The topological polar surface area (TPSA) is 46.2 Å². The van der Waals surface area contributed by atoms with E-state index in [1.54, 1.807) is 13.8 Å². The number of hydrogen-bond acceptors (Lipinski definition) is 3. The molecule has 12 heavy (non-hydrogen) atoms. The van der Waals surface area contributed by atoms with Crippen molar-refractivity contribution in [2.24, 2.45) is 0 Å². The van der Waals surface area contributed by atoms with Gasteiger partial charge in [0.05, 0.1) is 6.10 Å². The number of ether oxygens (including phenoxy) is 1. The van der Waals surface area contributed by atoms with Crippen molar-refractivity contribution < 1.29 is 14.6 Å². The highest BCUT2D eigenvalue weighted by Crippen LogP contribution is 2.21. The Labute approximate surface area is 74.6 Å². The molecular formula is C8H9O3S. The van der Waals surface area contributed by atoms with Crippen LogP contribution in [0.4, 0.5) is 0 Å². The normalized spacial score (nSPS) is 10.2. The van der Waals surface area contributed by atoms with Gasteiger partial charge in [0.1, 0.15) is 4.88 Å². The van der Waals surface area contributed by atoms with Gasteiger partial charge in [0.15, 0.2) is 5.75 Å². The molecule has 0 aliphatic rings. The summed E-state index contributed by atoms with van der Waals surface area (Å²) in [4.78, 5) is 11.5. The first-order valence-electron chi connectivity index (χ1n) is 3.56. The maximum Gasteiger partial charge on any atom is 0.348 e. The van der Waals surface area contributed by atoms with Crippen LogP contribution < -0.4 is 0 Å². The number of rotatable bonds is 2. The van der Waals surface area contributed by atoms with Crippen LogP contribution in [-0.2, 0) is 9.84 Å². The quantitative estimate of drug-likeness (QED) is 0.664. The monoisotopic (exact) mass is 185 g/mol. The Morgan fingerprint density at radius 2 is 2.25 bits per heavy atom. The van der Waals surface area contributed by atoms with Crippen molar-refractivity contribution >= 4 is 17.3 Å². The molecule has 1 aromatic heterocycles. The first-order valence-corrected chi connectivity index (χ1v) is 4.44. The lowest BCUT2D eigenvalue weighted by Crippen LogP contribution is -2.09. The van der Waals surface area contributed by atoms with Gasteiger partial charge in [0, 0.05) is 11.4 Å². The second-order valence-electron chi connectivity index (χ2n) is 2.60. The summed E-state index contributed by atoms with van der Waals surface area (Å²) >= 11 is 1.11. The van der Waals surface area contributed by atoms with Crippen LogP contribution in [0.25, 0.3) is 0 Å². The molecule has 0 bridgehead atoms. The number of carbonyl (C=O) groups is 1. The molecule has 0 aliphatic heterocycles. The summed E-state index contributed by atoms with van der Waals surface area (Å²) in [5, 5.41) is 12.1. The van der Waals surface area contributed by atoms with E-state index >= 15 is 0 Å².